The van der Waals surface area contributed by atoms with E-state index in [0.717, 1.165) is 11.1 Å². The first-order valence-corrected chi connectivity index (χ1v) is 8.77. The summed E-state index contributed by atoms with van der Waals surface area (Å²) >= 11 is 0. The third kappa shape index (κ3) is 3.06. The van der Waals surface area contributed by atoms with Gasteiger partial charge < -0.3 is 19.9 Å². The lowest BCUT2D eigenvalue weighted by molar-refractivity contribution is -0.155. The quantitative estimate of drug-likeness (QED) is 0.805. The third-order valence-corrected chi connectivity index (χ3v) is 5.37. The van der Waals surface area contributed by atoms with E-state index in [-0.39, 0.29) is 13.2 Å². The molecule has 1 unspecified atom stereocenters. The number of carbonyl (C=O) groups excluding carboxylic acids is 1. The molecule has 2 saturated heterocycles. The molecule has 3 heterocycles. The van der Waals surface area contributed by atoms with Crippen molar-refractivity contribution in [3.8, 4) is 0 Å². The maximum absolute atomic E-state index is 12.0. The van der Waals surface area contributed by atoms with Gasteiger partial charge >= 0.3 is 12.1 Å². The van der Waals surface area contributed by atoms with Crippen LogP contribution in [0.25, 0.3) is 0 Å². The summed E-state index contributed by atoms with van der Waals surface area (Å²) in [5.74, 6) is -0.879. The largest absolute Gasteiger partial charge is 0.481 e. The molecule has 3 aliphatic rings. The number of fused-ring (bicyclic) bond motifs is 1. The molecule has 1 saturated carbocycles. The van der Waals surface area contributed by atoms with E-state index in [4.69, 9.17) is 9.47 Å². The number of rotatable bonds is 6. The molecule has 5 rings (SSSR count). The summed E-state index contributed by atoms with van der Waals surface area (Å²) in [5, 5.41) is 16.5. The van der Waals surface area contributed by atoms with Gasteiger partial charge in [0.1, 0.15) is 18.1 Å². The monoisotopic (exact) mass is 371 g/mol. The number of benzene rings is 1. The number of alkyl carbamates (subject to hydrolysis) is 1. The molecule has 1 aliphatic carbocycles. The van der Waals surface area contributed by atoms with E-state index in [1.807, 2.05) is 30.3 Å². The highest BCUT2D eigenvalue weighted by Gasteiger charge is 2.72. The van der Waals surface area contributed by atoms with Crippen LogP contribution in [0, 0.1) is 5.41 Å². The zero-order valence-electron chi connectivity index (χ0n) is 14.9. The summed E-state index contributed by atoms with van der Waals surface area (Å²) < 4.78 is 12.9. The Balaban J connectivity index is 1.36. The minimum atomic E-state index is -0.960. The predicted octanol–water partition coefficient (Wildman–Crippen LogP) is 2.02. The van der Waals surface area contributed by atoms with E-state index in [1.165, 1.54) is 0 Å². The Kier molecular flexibility index (Phi) is 4.15. The molecule has 2 bridgehead atoms. The van der Waals surface area contributed by atoms with Crippen LogP contribution < -0.4 is 5.32 Å². The van der Waals surface area contributed by atoms with Crippen LogP contribution >= 0.6 is 0 Å². The number of aryl methyl sites for hydroxylation is 1. The Morgan fingerprint density at radius 1 is 1.37 bits per heavy atom. The number of carbonyl (C=O) groups is 2. The molecule has 1 aromatic carbocycles. The number of carboxylic acid groups (broad SMARTS) is 1. The van der Waals surface area contributed by atoms with Crippen molar-refractivity contribution in [3.05, 3.63) is 53.9 Å². The van der Waals surface area contributed by atoms with Crippen LogP contribution in [-0.4, -0.2) is 39.1 Å². The summed E-state index contributed by atoms with van der Waals surface area (Å²) in [4.78, 5) is 23.9. The summed E-state index contributed by atoms with van der Waals surface area (Å²) in [6, 6.07) is 9.39. The molecule has 0 radical (unpaired) electrons. The van der Waals surface area contributed by atoms with Gasteiger partial charge in [-0.2, -0.15) is 5.10 Å². The highest BCUT2D eigenvalue weighted by atomic mass is 16.6. The zero-order valence-corrected chi connectivity index (χ0v) is 14.9. The van der Waals surface area contributed by atoms with E-state index in [1.54, 1.807) is 24.1 Å². The molecule has 1 aromatic heterocycles. The number of amides is 1. The van der Waals surface area contributed by atoms with Crippen LogP contribution in [0.5, 0.6) is 0 Å². The number of hydrogen-bond acceptors (Lipinski definition) is 5. The van der Waals surface area contributed by atoms with Crippen molar-refractivity contribution in [2.24, 2.45) is 12.5 Å². The van der Waals surface area contributed by atoms with Crippen molar-refractivity contribution < 1.29 is 24.2 Å². The van der Waals surface area contributed by atoms with Crippen LogP contribution in [-0.2, 0) is 27.9 Å². The van der Waals surface area contributed by atoms with Gasteiger partial charge in [-0.25, -0.2) is 4.79 Å². The van der Waals surface area contributed by atoms with Crippen molar-refractivity contribution in [2.45, 2.75) is 31.2 Å². The highest BCUT2D eigenvalue weighted by Crippen LogP contribution is 2.67. The van der Waals surface area contributed by atoms with Crippen LogP contribution in [0.4, 0.5) is 4.79 Å². The van der Waals surface area contributed by atoms with Gasteiger partial charge in [-0.1, -0.05) is 30.3 Å². The Hall–Kier alpha value is -2.87. The first kappa shape index (κ1) is 17.5. The molecule has 1 atom stereocenters. The number of carboxylic acids is 1. The molecule has 1 amide bonds. The first-order chi connectivity index (χ1) is 12.9. The number of ether oxygens (including phenoxy) is 2. The molecule has 2 aromatic rings. The predicted molar refractivity (Wildman–Crippen MR) is 93.7 cm³/mol. The number of hydrogen-bond donors (Lipinski definition) is 2. The topological polar surface area (TPSA) is 103 Å². The molecule has 2 aliphatic heterocycles. The van der Waals surface area contributed by atoms with Gasteiger partial charge in [0.25, 0.3) is 0 Å². The standard InChI is InChI=1S/C19H21N3O5/c1-22-8-14(7-21-22)15-19(16(23)24)10-18(11-19,27-15)12-20-17(25)26-9-13-5-3-2-4-6-13/h2-8,15H,9-12H2,1H3,(H,20,25)(H,23,24). The average molecular weight is 371 g/mol. The number of nitrogens with zero attached hydrogens (tertiary/aromatic N) is 2. The second kappa shape index (κ2) is 6.38. The van der Waals surface area contributed by atoms with Gasteiger partial charge in [0, 0.05) is 18.8 Å². The van der Waals surface area contributed by atoms with Crippen LogP contribution in [0.1, 0.15) is 30.1 Å². The summed E-state index contributed by atoms with van der Waals surface area (Å²) in [7, 11) is 1.77. The fourth-order valence-corrected chi connectivity index (χ4v) is 4.13. The van der Waals surface area contributed by atoms with Crippen LogP contribution in [0.2, 0.25) is 0 Å². The van der Waals surface area contributed by atoms with E-state index in [0.29, 0.717) is 12.8 Å². The summed E-state index contributed by atoms with van der Waals surface area (Å²) in [6.07, 6.45) is 3.00. The van der Waals surface area contributed by atoms with Crippen molar-refractivity contribution in [2.75, 3.05) is 6.54 Å². The van der Waals surface area contributed by atoms with Gasteiger partial charge in [-0.15, -0.1) is 0 Å². The molecule has 142 valence electrons. The second-order valence-electron chi connectivity index (χ2n) is 7.36. The first-order valence-electron chi connectivity index (χ1n) is 8.77. The summed E-state index contributed by atoms with van der Waals surface area (Å²) in [5.41, 5.74) is 0.00241. The Morgan fingerprint density at radius 2 is 2.11 bits per heavy atom. The van der Waals surface area contributed by atoms with Gasteiger partial charge in [0.15, 0.2) is 0 Å². The molecule has 27 heavy (non-hydrogen) atoms. The number of nitrogens with one attached hydrogen (secondary N) is 1. The Morgan fingerprint density at radius 3 is 2.74 bits per heavy atom. The van der Waals surface area contributed by atoms with Crippen LogP contribution in [0.15, 0.2) is 42.7 Å². The van der Waals surface area contributed by atoms with E-state index in [2.05, 4.69) is 10.4 Å². The summed E-state index contributed by atoms with van der Waals surface area (Å²) in [6.45, 7) is 0.393. The van der Waals surface area contributed by atoms with E-state index >= 15 is 0 Å². The van der Waals surface area contributed by atoms with Crippen molar-refractivity contribution in [3.63, 3.8) is 0 Å². The zero-order chi connectivity index (χ0) is 19.1. The van der Waals surface area contributed by atoms with Crippen LogP contribution in [0.3, 0.4) is 0 Å². The minimum absolute atomic E-state index is 0.178. The highest BCUT2D eigenvalue weighted by molar-refractivity contribution is 5.79. The maximum atomic E-state index is 12.0. The van der Waals surface area contributed by atoms with Crippen molar-refractivity contribution >= 4 is 12.1 Å². The molecule has 3 fully saturated rings. The molecule has 8 heteroatoms. The fraction of sp³-hybridized carbons (Fsp3) is 0.421. The molecular weight excluding hydrogens is 350 g/mol. The van der Waals surface area contributed by atoms with Gasteiger partial charge in [0.2, 0.25) is 0 Å². The molecule has 2 N–H and O–H groups in total. The van der Waals surface area contributed by atoms with Crippen molar-refractivity contribution in [1.82, 2.24) is 15.1 Å². The lowest BCUT2D eigenvalue weighted by Crippen LogP contribution is -2.54. The van der Waals surface area contributed by atoms with Crippen molar-refractivity contribution in [1.29, 1.82) is 0 Å². The Bertz CT molecular complexity index is 857. The molecule has 0 spiro atoms. The minimum Gasteiger partial charge on any atom is -0.481 e. The normalized spacial score (nSPS) is 28.4. The fourth-order valence-electron chi connectivity index (χ4n) is 4.13. The smallest absolute Gasteiger partial charge is 0.407 e. The molecule has 8 nitrogen and oxygen atoms in total. The Labute approximate surface area is 156 Å². The number of aromatic nitrogens is 2. The van der Waals surface area contributed by atoms with Gasteiger partial charge in [0.05, 0.1) is 18.3 Å². The third-order valence-electron chi connectivity index (χ3n) is 5.37. The SMILES string of the molecule is Cn1cc(C2OC3(CNC(=O)OCc4ccccc4)CC2(C(=O)O)C3)cn1. The lowest BCUT2D eigenvalue weighted by Gasteiger charge is -2.42. The van der Waals surface area contributed by atoms with Gasteiger partial charge in [-0.3, -0.25) is 9.48 Å². The second-order valence-corrected chi connectivity index (χ2v) is 7.36. The van der Waals surface area contributed by atoms with E-state index < -0.39 is 29.2 Å². The van der Waals surface area contributed by atoms with Gasteiger partial charge in [-0.05, 0) is 18.4 Å². The van der Waals surface area contributed by atoms with E-state index in [9.17, 15) is 14.7 Å². The average Bonchev–Trinajstić information content (AvgIpc) is 3.29. The number of aliphatic carboxylic acids is 1. The molecular formula is C19H21N3O5. The lowest BCUT2D eigenvalue weighted by atomic mass is 9.59. The maximum Gasteiger partial charge on any atom is 0.407 e.